The fourth-order valence-electron chi connectivity index (χ4n) is 1.20. The third-order valence-electron chi connectivity index (χ3n) is 2.29. The van der Waals surface area contributed by atoms with Crippen molar-refractivity contribution in [2.24, 2.45) is 5.73 Å². The van der Waals surface area contributed by atoms with Crippen LogP contribution in [0.3, 0.4) is 0 Å². The predicted octanol–water partition coefficient (Wildman–Crippen LogP) is 2.41. The Morgan fingerprint density at radius 1 is 1.47 bits per heavy atom. The Morgan fingerprint density at radius 2 is 2.07 bits per heavy atom. The van der Waals surface area contributed by atoms with E-state index >= 15 is 0 Å². The van der Waals surface area contributed by atoms with Crippen LogP contribution in [0.5, 0.6) is 0 Å². The molecule has 0 aliphatic heterocycles. The predicted molar refractivity (Wildman–Crippen MR) is 67.0 cm³/mol. The zero-order valence-corrected chi connectivity index (χ0v) is 11.9. The maximum absolute atomic E-state index is 12.2. The monoisotopic (exact) mass is 311 g/mol. The average molecular weight is 312 g/mol. The van der Waals surface area contributed by atoms with Gasteiger partial charge in [-0.3, -0.25) is 0 Å². The second kappa shape index (κ2) is 4.53. The van der Waals surface area contributed by atoms with Crippen molar-refractivity contribution in [3.8, 4) is 0 Å². The molecule has 0 radical (unpaired) electrons. The Labute approximate surface area is 103 Å². The van der Waals surface area contributed by atoms with Gasteiger partial charge in [-0.1, -0.05) is 0 Å². The number of hydrogen-bond acceptors (Lipinski definition) is 4. The lowest BCUT2D eigenvalue weighted by atomic mass is 10.1. The molecule has 1 rings (SSSR count). The van der Waals surface area contributed by atoms with E-state index < -0.39 is 14.6 Å². The molecule has 86 valence electrons. The molecule has 1 heterocycles. The summed E-state index contributed by atoms with van der Waals surface area (Å²) in [5, 5.41) is 0. The van der Waals surface area contributed by atoms with Crippen LogP contribution in [0.15, 0.2) is 20.1 Å². The minimum Gasteiger partial charge on any atom is -0.330 e. The van der Waals surface area contributed by atoms with Crippen LogP contribution in [-0.4, -0.2) is 19.7 Å². The first-order chi connectivity index (χ1) is 6.81. The molecule has 1 aromatic heterocycles. The molecule has 0 unspecified atom stereocenters. The first kappa shape index (κ1) is 13.2. The molecule has 0 aliphatic rings. The molecular weight excluding hydrogens is 298 g/mol. The zero-order chi connectivity index (χ0) is 11.7. The van der Waals surface area contributed by atoms with Crippen molar-refractivity contribution in [2.45, 2.75) is 29.2 Å². The van der Waals surface area contributed by atoms with E-state index in [1.54, 1.807) is 26.0 Å². The van der Waals surface area contributed by atoms with Crippen LogP contribution >= 0.6 is 27.3 Å². The number of hydrogen-bond donors (Lipinski definition) is 1. The fraction of sp³-hybridized carbons (Fsp3) is 0.556. The minimum atomic E-state index is -3.27. The molecular formula is C9H14BrNO2S2. The van der Waals surface area contributed by atoms with E-state index in [9.17, 15) is 8.42 Å². The van der Waals surface area contributed by atoms with Gasteiger partial charge in [0.25, 0.3) is 0 Å². The van der Waals surface area contributed by atoms with Gasteiger partial charge in [0.1, 0.15) is 4.21 Å². The number of thiophene rings is 1. The quantitative estimate of drug-likeness (QED) is 0.929. The van der Waals surface area contributed by atoms with E-state index in [2.05, 4.69) is 15.9 Å². The number of rotatable bonds is 4. The molecule has 15 heavy (non-hydrogen) atoms. The summed E-state index contributed by atoms with van der Waals surface area (Å²) < 4.78 is 24.8. The van der Waals surface area contributed by atoms with E-state index in [0.717, 1.165) is 3.79 Å². The molecule has 0 saturated carbocycles. The zero-order valence-electron chi connectivity index (χ0n) is 8.66. The lowest BCUT2D eigenvalue weighted by molar-refractivity contribution is 0.532. The number of sulfone groups is 1. The van der Waals surface area contributed by atoms with Gasteiger partial charge in [0.05, 0.1) is 8.53 Å². The van der Waals surface area contributed by atoms with Crippen molar-refractivity contribution >= 4 is 37.1 Å². The second-order valence-electron chi connectivity index (χ2n) is 3.86. The molecule has 0 aromatic carbocycles. The second-order valence-corrected chi connectivity index (χ2v) is 9.13. The summed E-state index contributed by atoms with van der Waals surface area (Å²) in [7, 11) is -3.27. The highest BCUT2D eigenvalue weighted by atomic mass is 79.9. The summed E-state index contributed by atoms with van der Waals surface area (Å²) in [6.07, 6.45) is 0.463. The molecule has 0 bridgehead atoms. The molecule has 1 aromatic rings. The molecule has 2 N–H and O–H groups in total. The lowest BCUT2D eigenvalue weighted by Gasteiger charge is -2.22. The summed E-state index contributed by atoms with van der Waals surface area (Å²) in [6, 6.07) is 3.37. The fourth-order valence-corrected chi connectivity index (χ4v) is 5.20. The highest BCUT2D eigenvalue weighted by Gasteiger charge is 2.35. The van der Waals surface area contributed by atoms with Crippen molar-refractivity contribution in [2.75, 3.05) is 6.54 Å². The third-order valence-corrected chi connectivity index (χ3v) is 6.94. The van der Waals surface area contributed by atoms with Gasteiger partial charge in [0.15, 0.2) is 9.84 Å². The largest absolute Gasteiger partial charge is 0.330 e. The van der Waals surface area contributed by atoms with Crippen LogP contribution in [0.2, 0.25) is 0 Å². The first-order valence-electron chi connectivity index (χ1n) is 4.51. The van der Waals surface area contributed by atoms with Gasteiger partial charge in [0.2, 0.25) is 0 Å². The summed E-state index contributed by atoms with van der Waals surface area (Å²) in [5.74, 6) is 0. The molecule has 0 aliphatic carbocycles. The average Bonchev–Trinajstić information content (AvgIpc) is 2.51. The van der Waals surface area contributed by atoms with Crippen molar-refractivity contribution in [3.63, 3.8) is 0 Å². The van der Waals surface area contributed by atoms with E-state index in [1.807, 2.05) is 0 Å². The topological polar surface area (TPSA) is 60.2 Å². The highest BCUT2D eigenvalue weighted by Crippen LogP contribution is 2.34. The van der Waals surface area contributed by atoms with Crippen LogP contribution < -0.4 is 5.73 Å². The van der Waals surface area contributed by atoms with Crippen molar-refractivity contribution < 1.29 is 8.42 Å². The Balaban J connectivity index is 3.13. The SMILES string of the molecule is CC(C)(CCN)S(=O)(=O)c1ccc(Br)s1. The normalized spacial score (nSPS) is 13.1. The Hall–Kier alpha value is 0.0900. The summed E-state index contributed by atoms with van der Waals surface area (Å²) in [4.78, 5) is 0. The Bertz CT molecular complexity index is 437. The van der Waals surface area contributed by atoms with Crippen LogP contribution in [0.25, 0.3) is 0 Å². The maximum Gasteiger partial charge on any atom is 0.192 e. The van der Waals surface area contributed by atoms with E-state index in [1.165, 1.54) is 11.3 Å². The van der Waals surface area contributed by atoms with E-state index in [4.69, 9.17) is 5.73 Å². The van der Waals surface area contributed by atoms with Gasteiger partial charge >= 0.3 is 0 Å². The molecule has 0 saturated heterocycles. The van der Waals surface area contributed by atoms with Crippen LogP contribution in [0, 0.1) is 0 Å². The van der Waals surface area contributed by atoms with Crippen LogP contribution in [0.1, 0.15) is 20.3 Å². The molecule has 6 heteroatoms. The van der Waals surface area contributed by atoms with Crippen molar-refractivity contribution in [3.05, 3.63) is 15.9 Å². The molecule has 0 atom stereocenters. The Morgan fingerprint density at radius 3 is 2.47 bits per heavy atom. The molecule has 0 fully saturated rings. The van der Waals surface area contributed by atoms with Crippen molar-refractivity contribution in [1.29, 1.82) is 0 Å². The lowest BCUT2D eigenvalue weighted by Crippen LogP contribution is -2.33. The van der Waals surface area contributed by atoms with Crippen molar-refractivity contribution in [1.82, 2.24) is 0 Å². The molecule has 0 spiro atoms. The Kier molecular flexibility index (Phi) is 3.97. The van der Waals surface area contributed by atoms with E-state index in [0.29, 0.717) is 17.2 Å². The smallest absolute Gasteiger partial charge is 0.192 e. The molecule has 3 nitrogen and oxygen atoms in total. The van der Waals surface area contributed by atoms with Gasteiger partial charge in [0, 0.05) is 0 Å². The van der Waals surface area contributed by atoms with Gasteiger partial charge in [-0.2, -0.15) is 0 Å². The maximum atomic E-state index is 12.2. The van der Waals surface area contributed by atoms with Gasteiger partial charge in [-0.25, -0.2) is 8.42 Å². The summed E-state index contributed by atoms with van der Waals surface area (Å²) in [5.41, 5.74) is 5.42. The van der Waals surface area contributed by atoms with Crippen LogP contribution in [-0.2, 0) is 9.84 Å². The van der Waals surface area contributed by atoms with Gasteiger partial charge in [-0.15, -0.1) is 11.3 Å². The van der Waals surface area contributed by atoms with E-state index in [-0.39, 0.29) is 0 Å². The molecule has 0 amide bonds. The summed E-state index contributed by atoms with van der Waals surface area (Å²) in [6.45, 7) is 3.80. The first-order valence-corrected chi connectivity index (χ1v) is 7.60. The van der Waals surface area contributed by atoms with Gasteiger partial charge in [-0.05, 0) is 54.9 Å². The third kappa shape index (κ3) is 2.61. The minimum absolute atomic E-state index is 0.374. The van der Waals surface area contributed by atoms with Crippen LogP contribution in [0.4, 0.5) is 0 Å². The highest BCUT2D eigenvalue weighted by molar-refractivity contribution is 9.11. The standard InChI is InChI=1S/C9H14BrNO2S2/c1-9(2,5-6-11)15(12,13)8-4-3-7(10)14-8/h3-4H,5-6,11H2,1-2H3. The number of halogens is 1. The summed E-state index contributed by atoms with van der Waals surface area (Å²) >= 11 is 4.50. The number of nitrogens with two attached hydrogens (primary N) is 1. The van der Waals surface area contributed by atoms with Gasteiger partial charge < -0.3 is 5.73 Å².